The fraction of sp³-hybridized carbons (Fsp3) is 0.516. The summed E-state index contributed by atoms with van der Waals surface area (Å²) in [5, 5.41) is 0. The highest BCUT2D eigenvalue weighted by Crippen LogP contribution is 2.40. The van der Waals surface area contributed by atoms with E-state index in [-0.39, 0.29) is 33.9 Å². The molecule has 42 heavy (non-hydrogen) atoms. The second-order valence-electron chi connectivity index (χ2n) is 12.4. The van der Waals surface area contributed by atoms with Crippen LogP contribution in [0.1, 0.15) is 79.3 Å². The van der Waals surface area contributed by atoms with Crippen LogP contribution in [0.4, 0.5) is 0 Å². The van der Waals surface area contributed by atoms with Gasteiger partial charge in [-0.2, -0.15) is 0 Å². The highest BCUT2D eigenvalue weighted by atomic mass is 79.9. The summed E-state index contributed by atoms with van der Waals surface area (Å²) in [6, 6.07) is 10.6. The zero-order valence-electron chi connectivity index (χ0n) is 25.1. The van der Waals surface area contributed by atoms with E-state index < -0.39 is 7.12 Å². The van der Waals surface area contributed by atoms with Crippen LogP contribution in [0.5, 0.6) is 0 Å². The number of rotatable bonds is 5. The predicted molar refractivity (Wildman–Crippen MR) is 174 cm³/mol. The lowest BCUT2D eigenvalue weighted by molar-refractivity contribution is 0.00578. The zero-order valence-corrected chi connectivity index (χ0v) is 28.3. The van der Waals surface area contributed by atoms with Crippen LogP contribution < -0.4 is 22.1 Å². The van der Waals surface area contributed by atoms with Crippen molar-refractivity contribution in [2.75, 3.05) is 0 Å². The van der Waals surface area contributed by atoms with Crippen molar-refractivity contribution in [2.24, 2.45) is 11.8 Å². The Morgan fingerprint density at radius 1 is 0.762 bits per heavy atom. The average Bonchev–Trinajstić information content (AvgIpc) is 3.85. The molecule has 8 nitrogen and oxygen atoms in total. The lowest BCUT2D eigenvalue weighted by Gasteiger charge is -2.32. The molecule has 11 heteroatoms. The Morgan fingerprint density at radius 3 is 1.69 bits per heavy atom. The van der Waals surface area contributed by atoms with Crippen molar-refractivity contribution in [2.45, 2.75) is 90.5 Å². The number of nitrogens with zero attached hydrogens (tertiary/aromatic N) is 2. The summed E-state index contributed by atoms with van der Waals surface area (Å²) in [6.07, 6.45) is 10.4. The number of aromatic nitrogens is 3. The Kier molecular flexibility index (Phi) is 10.3. The summed E-state index contributed by atoms with van der Waals surface area (Å²) >= 11 is 6.55. The topological polar surface area (TPSA) is 95.3 Å². The molecule has 2 unspecified atom stereocenters. The van der Waals surface area contributed by atoms with Crippen LogP contribution in [0.2, 0.25) is 0 Å². The molecular formula is C31H40BBr2N3O5. The number of pyridine rings is 3. The van der Waals surface area contributed by atoms with Gasteiger partial charge in [0.05, 0.1) is 11.2 Å². The van der Waals surface area contributed by atoms with Crippen molar-refractivity contribution in [3.05, 3.63) is 95.0 Å². The van der Waals surface area contributed by atoms with E-state index in [4.69, 9.17) is 9.31 Å². The molecule has 2 saturated carbocycles. The SMILES string of the molecule is CC(C1CC1)n1cc(B2OC(C)(C)C(C)(C)O2)ccc1=O.CC(C1CC1)n1cc(Br)ccc1=O.O=c1ccc(Br)c[nH]1. The quantitative estimate of drug-likeness (QED) is 0.337. The van der Waals surface area contributed by atoms with Crippen molar-refractivity contribution in [3.63, 3.8) is 0 Å². The second kappa shape index (κ2) is 13.2. The lowest BCUT2D eigenvalue weighted by Crippen LogP contribution is -2.41. The number of hydrogen-bond donors (Lipinski definition) is 1. The fourth-order valence-electron chi connectivity index (χ4n) is 4.76. The van der Waals surface area contributed by atoms with E-state index in [1.54, 1.807) is 30.5 Å². The highest BCUT2D eigenvalue weighted by Gasteiger charge is 2.52. The molecule has 0 amide bonds. The Morgan fingerprint density at radius 2 is 1.24 bits per heavy atom. The first kappa shape index (κ1) is 32.7. The van der Waals surface area contributed by atoms with Crippen LogP contribution in [0.3, 0.4) is 0 Å². The van der Waals surface area contributed by atoms with E-state index in [0.717, 1.165) is 14.4 Å². The molecule has 0 aromatic carbocycles. The summed E-state index contributed by atoms with van der Waals surface area (Å²) in [6.45, 7) is 12.4. The van der Waals surface area contributed by atoms with Crippen molar-refractivity contribution >= 4 is 44.4 Å². The van der Waals surface area contributed by atoms with Gasteiger partial charge >= 0.3 is 7.12 Å². The van der Waals surface area contributed by atoms with Crippen LogP contribution >= 0.6 is 31.9 Å². The zero-order chi connectivity index (χ0) is 30.8. The maximum absolute atomic E-state index is 12.1. The third-order valence-electron chi connectivity index (χ3n) is 8.62. The van der Waals surface area contributed by atoms with E-state index in [9.17, 15) is 14.4 Å². The summed E-state index contributed by atoms with van der Waals surface area (Å²) < 4.78 is 17.6. The molecular weight excluding hydrogens is 665 g/mol. The molecule has 6 rings (SSSR count). The highest BCUT2D eigenvalue weighted by molar-refractivity contribution is 9.10. The van der Waals surface area contributed by atoms with Gasteiger partial charge in [-0.3, -0.25) is 14.4 Å². The maximum atomic E-state index is 12.1. The molecule has 226 valence electrons. The molecule has 1 saturated heterocycles. The van der Waals surface area contributed by atoms with Crippen LogP contribution in [-0.4, -0.2) is 32.4 Å². The van der Waals surface area contributed by atoms with E-state index in [0.29, 0.717) is 17.9 Å². The first-order chi connectivity index (χ1) is 19.7. The molecule has 3 fully saturated rings. The normalized spacial score (nSPS) is 20.0. The molecule has 0 radical (unpaired) electrons. The lowest BCUT2D eigenvalue weighted by atomic mass is 9.80. The molecule has 1 aliphatic heterocycles. The third kappa shape index (κ3) is 8.24. The predicted octanol–water partition coefficient (Wildman–Crippen LogP) is 5.84. The van der Waals surface area contributed by atoms with Gasteiger partial charge in [-0.25, -0.2) is 0 Å². The van der Waals surface area contributed by atoms with Crippen molar-refractivity contribution < 1.29 is 9.31 Å². The largest absolute Gasteiger partial charge is 0.496 e. The molecule has 0 spiro atoms. The standard InChI is InChI=1S/C16H24BNO3.C10H12BrNO.C5H4BrNO/c1-11(12-6-7-12)18-10-13(8-9-14(18)19)17-20-15(2,3)16(4,5)21-17;1-7(8-2-3-8)12-6-9(11)4-5-10(12)13;6-4-1-2-5(8)7-3-4/h8-12H,6-7H2,1-5H3;4-8H,2-3H2,1H3;1-3H,(H,7,8). The molecule has 0 bridgehead atoms. The molecule has 4 heterocycles. The number of halogens is 2. The minimum atomic E-state index is -0.409. The fourth-order valence-corrected chi connectivity index (χ4v) is 5.35. The Bertz CT molecular complexity index is 1520. The monoisotopic (exact) mass is 703 g/mol. The smallest absolute Gasteiger partial charge is 0.399 e. The van der Waals surface area contributed by atoms with Gasteiger partial charge in [-0.15, -0.1) is 0 Å². The summed E-state index contributed by atoms with van der Waals surface area (Å²) in [4.78, 5) is 36.4. The maximum Gasteiger partial charge on any atom is 0.496 e. The number of aromatic amines is 1. The van der Waals surface area contributed by atoms with Crippen molar-refractivity contribution in [1.82, 2.24) is 14.1 Å². The Labute approximate surface area is 264 Å². The minimum absolute atomic E-state index is 0.0506. The summed E-state index contributed by atoms with van der Waals surface area (Å²) in [7, 11) is -0.409. The van der Waals surface area contributed by atoms with Gasteiger partial charge in [0, 0.05) is 57.8 Å². The third-order valence-corrected chi connectivity index (χ3v) is 9.58. The van der Waals surface area contributed by atoms with Gasteiger partial charge < -0.3 is 23.4 Å². The second-order valence-corrected chi connectivity index (χ2v) is 14.2. The van der Waals surface area contributed by atoms with Gasteiger partial charge in [0.2, 0.25) is 5.56 Å². The number of H-pyrrole nitrogens is 1. The van der Waals surface area contributed by atoms with Crippen LogP contribution in [0.25, 0.3) is 0 Å². The Hall–Kier alpha value is -2.21. The van der Waals surface area contributed by atoms with Gasteiger partial charge in [-0.05, 0) is 129 Å². The molecule has 3 aromatic heterocycles. The van der Waals surface area contributed by atoms with E-state index in [1.165, 1.54) is 31.7 Å². The Balaban J connectivity index is 0.000000163. The van der Waals surface area contributed by atoms with Crippen LogP contribution in [0, 0.1) is 11.8 Å². The van der Waals surface area contributed by atoms with E-state index in [2.05, 4.69) is 50.7 Å². The average molecular weight is 705 g/mol. The molecule has 2 aliphatic carbocycles. The first-order valence-electron chi connectivity index (χ1n) is 14.5. The van der Waals surface area contributed by atoms with Gasteiger partial charge in [0.25, 0.3) is 11.1 Å². The number of hydrogen-bond acceptors (Lipinski definition) is 5. The molecule has 3 aromatic rings. The minimum Gasteiger partial charge on any atom is -0.399 e. The molecule has 1 N–H and O–H groups in total. The van der Waals surface area contributed by atoms with Gasteiger partial charge in [0.15, 0.2) is 0 Å². The summed E-state index contributed by atoms with van der Waals surface area (Å²) in [5.74, 6) is 1.35. The van der Waals surface area contributed by atoms with Crippen molar-refractivity contribution in [3.8, 4) is 0 Å². The van der Waals surface area contributed by atoms with E-state index in [1.807, 2.05) is 55.3 Å². The van der Waals surface area contributed by atoms with Crippen LogP contribution in [0.15, 0.2) is 78.3 Å². The molecule has 2 atom stereocenters. The van der Waals surface area contributed by atoms with E-state index >= 15 is 0 Å². The molecule has 3 aliphatic rings. The first-order valence-corrected chi connectivity index (χ1v) is 16.1. The number of nitrogens with one attached hydrogen (secondary N) is 1. The van der Waals surface area contributed by atoms with Gasteiger partial charge in [0.1, 0.15) is 0 Å². The van der Waals surface area contributed by atoms with Gasteiger partial charge in [-0.1, -0.05) is 6.07 Å². The van der Waals surface area contributed by atoms with Crippen LogP contribution in [-0.2, 0) is 9.31 Å². The van der Waals surface area contributed by atoms with Crippen molar-refractivity contribution in [1.29, 1.82) is 0 Å². The summed E-state index contributed by atoms with van der Waals surface area (Å²) in [5.41, 5.74) is 0.271.